The molecule has 0 atom stereocenters. The highest BCUT2D eigenvalue weighted by Crippen LogP contribution is 2.21. The van der Waals surface area contributed by atoms with Crippen LogP contribution in [0, 0.1) is 0 Å². The molecule has 1 nitrogen and oxygen atoms in total. The maximum Gasteiger partial charge on any atom is 0.0273 e. The minimum atomic E-state index is 0.594. The van der Waals surface area contributed by atoms with Crippen LogP contribution in [0.3, 0.4) is 0 Å². The van der Waals surface area contributed by atoms with E-state index in [0.29, 0.717) is 5.92 Å². The lowest BCUT2D eigenvalue weighted by Gasteiger charge is -2.06. The van der Waals surface area contributed by atoms with Crippen molar-refractivity contribution in [3.8, 4) is 11.1 Å². The lowest BCUT2D eigenvalue weighted by molar-refractivity contribution is 0.867. The Morgan fingerprint density at radius 2 is 1.33 bits per heavy atom. The first kappa shape index (κ1) is 9.91. The smallest absolute Gasteiger partial charge is 0.0273 e. The lowest BCUT2D eigenvalue weighted by Crippen LogP contribution is -1.86. The SMILES string of the molecule is CC(C)c1ccc(-c2ccncc2)cc1. The van der Waals surface area contributed by atoms with Crippen molar-refractivity contribution in [1.82, 2.24) is 4.98 Å². The molecule has 0 aliphatic heterocycles. The zero-order valence-corrected chi connectivity index (χ0v) is 9.14. The van der Waals surface area contributed by atoms with Gasteiger partial charge in [0.2, 0.25) is 0 Å². The minimum Gasteiger partial charge on any atom is -0.265 e. The number of rotatable bonds is 2. The largest absolute Gasteiger partial charge is 0.265 e. The van der Waals surface area contributed by atoms with Crippen LogP contribution in [0.1, 0.15) is 25.3 Å². The van der Waals surface area contributed by atoms with Gasteiger partial charge < -0.3 is 0 Å². The molecule has 1 aromatic heterocycles. The molecular formula is C14H15N. The van der Waals surface area contributed by atoms with Gasteiger partial charge in [-0.15, -0.1) is 0 Å². The molecule has 0 fully saturated rings. The molecule has 0 amide bonds. The van der Waals surface area contributed by atoms with Gasteiger partial charge in [0.15, 0.2) is 0 Å². The molecule has 0 N–H and O–H groups in total. The van der Waals surface area contributed by atoms with E-state index in [9.17, 15) is 0 Å². The van der Waals surface area contributed by atoms with E-state index in [-0.39, 0.29) is 0 Å². The molecule has 2 aromatic rings. The van der Waals surface area contributed by atoms with Crippen LogP contribution in [-0.2, 0) is 0 Å². The summed E-state index contributed by atoms with van der Waals surface area (Å²) < 4.78 is 0. The molecule has 0 spiro atoms. The van der Waals surface area contributed by atoms with Crippen molar-refractivity contribution < 1.29 is 0 Å². The van der Waals surface area contributed by atoms with E-state index in [4.69, 9.17) is 0 Å². The highest BCUT2D eigenvalue weighted by atomic mass is 14.6. The molecule has 2 rings (SSSR count). The maximum absolute atomic E-state index is 4.02. The standard InChI is InChI=1S/C14H15N/c1-11(2)12-3-5-13(6-4-12)14-7-9-15-10-8-14/h3-11H,1-2H3. The molecule has 0 unspecified atom stereocenters. The number of pyridine rings is 1. The molecule has 1 heterocycles. The second kappa shape index (κ2) is 4.26. The first-order chi connectivity index (χ1) is 7.27. The molecule has 1 heteroatoms. The first-order valence-electron chi connectivity index (χ1n) is 5.28. The molecule has 1 aromatic carbocycles. The number of nitrogens with zero attached hydrogens (tertiary/aromatic N) is 1. The van der Waals surface area contributed by atoms with Crippen molar-refractivity contribution in [1.29, 1.82) is 0 Å². The molecule has 15 heavy (non-hydrogen) atoms. The van der Waals surface area contributed by atoms with Gasteiger partial charge in [0, 0.05) is 12.4 Å². The third-order valence-electron chi connectivity index (χ3n) is 2.59. The normalized spacial score (nSPS) is 10.6. The van der Waals surface area contributed by atoms with E-state index >= 15 is 0 Å². The van der Waals surface area contributed by atoms with Gasteiger partial charge in [-0.1, -0.05) is 38.1 Å². The Labute approximate surface area is 90.8 Å². The maximum atomic E-state index is 4.02. The van der Waals surface area contributed by atoms with Gasteiger partial charge in [-0.05, 0) is 34.7 Å². The summed E-state index contributed by atoms with van der Waals surface area (Å²) in [6.45, 7) is 4.42. The summed E-state index contributed by atoms with van der Waals surface area (Å²) in [4.78, 5) is 4.02. The molecule has 0 saturated carbocycles. The Morgan fingerprint density at radius 3 is 1.87 bits per heavy atom. The zero-order chi connectivity index (χ0) is 10.7. The van der Waals surface area contributed by atoms with Gasteiger partial charge in [-0.25, -0.2) is 0 Å². The predicted molar refractivity (Wildman–Crippen MR) is 63.8 cm³/mol. The number of aromatic nitrogens is 1. The van der Waals surface area contributed by atoms with Gasteiger partial charge >= 0.3 is 0 Å². The first-order valence-corrected chi connectivity index (χ1v) is 5.28. The topological polar surface area (TPSA) is 12.9 Å². The fourth-order valence-electron chi connectivity index (χ4n) is 1.60. The fraction of sp³-hybridized carbons (Fsp3) is 0.214. The average Bonchev–Trinajstić information content (AvgIpc) is 2.30. The van der Waals surface area contributed by atoms with Crippen LogP contribution in [0.15, 0.2) is 48.8 Å². The van der Waals surface area contributed by atoms with E-state index in [1.54, 1.807) is 0 Å². The van der Waals surface area contributed by atoms with Crippen LogP contribution in [0.5, 0.6) is 0 Å². The Balaban J connectivity index is 2.32. The highest BCUT2D eigenvalue weighted by Gasteiger charge is 2.00. The van der Waals surface area contributed by atoms with Crippen LogP contribution in [-0.4, -0.2) is 4.98 Å². The van der Waals surface area contributed by atoms with Crippen molar-refractivity contribution in [2.24, 2.45) is 0 Å². The molecule has 76 valence electrons. The number of hydrogen-bond acceptors (Lipinski definition) is 1. The molecule has 0 radical (unpaired) electrons. The zero-order valence-electron chi connectivity index (χ0n) is 9.14. The van der Waals surface area contributed by atoms with Gasteiger partial charge in [-0.3, -0.25) is 4.98 Å². The summed E-state index contributed by atoms with van der Waals surface area (Å²) in [7, 11) is 0. The molecule has 0 bridgehead atoms. The van der Waals surface area contributed by atoms with E-state index < -0.39 is 0 Å². The van der Waals surface area contributed by atoms with Crippen LogP contribution in [0.2, 0.25) is 0 Å². The van der Waals surface area contributed by atoms with E-state index in [0.717, 1.165) is 0 Å². The Bertz CT molecular complexity index is 415. The van der Waals surface area contributed by atoms with Crippen molar-refractivity contribution in [3.05, 3.63) is 54.4 Å². The van der Waals surface area contributed by atoms with Gasteiger partial charge in [0.25, 0.3) is 0 Å². The van der Waals surface area contributed by atoms with E-state index in [1.807, 2.05) is 24.5 Å². The summed E-state index contributed by atoms with van der Waals surface area (Å²) in [5.41, 5.74) is 3.86. The third-order valence-corrected chi connectivity index (χ3v) is 2.59. The summed E-state index contributed by atoms with van der Waals surface area (Å²) in [5.74, 6) is 0.594. The number of benzene rings is 1. The van der Waals surface area contributed by atoms with Crippen LogP contribution >= 0.6 is 0 Å². The van der Waals surface area contributed by atoms with Crippen molar-refractivity contribution >= 4 is 0 Å². The van der Waals surface area contributed by atoms with E-state index in [1.165, 1.54) is 16.7 Å². The van der Waals surface area contributed by atoms with Crippen LogP contribution in [0.4, 0.5) is 0 Å². The average molecular weight is 197 g/mol. The summed E-state index contributed by atoms with van der Waals surface area (Å²) in [6.07, 6.45) is 3.65. The number of hydrogen-bond donors (Lipinski definition) is 0. The van der Waals surface area contributed by atoms with E-state index in [2.05, 4.69) is 43.1 Å². The van der Waals surface area contributed by atoms with Crippen molar-refractivity contribution in [3.63, 3.8) is 0 Å². The molecular weight excluding hydrogens is 182 g/mol. The van der Waals surface area contributed by atoms with Crippen molar-refractivity contribution in [2.45, 2.75) is 19.8 Å². The Kier molecular flexibility index (Phi) is 2.82. The Morgan fingerprint density at radius 1 is 0.800 bits per heavy atom. The molecule has 0 saturated heterocycles. The van der Waals surface area contributed by atoms with Gasteiger partial charge in [0.05, 0.1) is 0 Å². The molecule has 0 aliphatic carbocycles. The quantitative estimate of drug-likeness (QED) is 0.712. The highest BCUT2D eigenvalue weighted by molar-refractivity contribution is 5.62. The van der Waals surface area contributed by atoms with Gasteiger partial charge in [0.1, 0.15) is 0 Å². The van der Waals surface area contributed by atoms with Crippen molar-refractivity contribution in [2.75, 3.05) is 0 Å². The Hall–Kier alpha value is -1.63. The summed E-state index contributed by atoms with van der Waals surface area (Å²) >= 11 is 0. The van der Waals surface area contributed by atoms with Gasteiger partial charge in [-0.2, -0.15) is 0 Å². The fourth-order valence-corrected chi connectivity index (χ4v) is 1.60. The minimum absolute atomic E-state index is 0.594. The lowest BCUT2D eigenvalue weighted by atomic mass is 9.99. The second-order valence-corrected chi connectivity index (χ2v) is 4.01. The monoisotopic (exact) mass is 197 g/mol. The van der Waals surface area contributed by atoms with Crippen LogP contribution in [0.25, 0.3) is 11.1 Å². The third kappa shape index (κ3) is 2.24. The second-order valence-electron chi connectivity index (χ2n) is 4.01. The van der Waals surface area contributed by atoms with Crippen LogP contribution < -0.4 is 0 Å². The summed E-state index contributed by atoms with van der Waals surface area (Å²) in [5, 5.41) is 0. The molecule has 0 aliphatic rings. The summed E-state index contributed by atoms with van der Waals surface area (Å²) in [6, 6.07) is 12.8. The predicted octanol–water partition coefficient (Wildman–Crippen LogP) is 3.87.